The van der Waals surface area contributed by atoms with Crippen LogP contribution in [-0.4, -0.2) is 9.97 Å². The molecule has 2 rings (SSSR count). The second kappa shape index (κ2) is 5.89. The molecule has 0 unspecified atom stereocenters. The fourth-order valence-electron chi connectivity index (χ4n) is 1.29. The van der Waals surface area contributed by atoms with E-state index >= 15 is 0 Å². The van der Waals surface area contributed by atoms with Gasteiger partial charge in [-0.25, -0.2) is 4.98 Å². The quantitative estimate of drug-likeness (QED) is 0.923. The van der Waals surface area contributed by atoms with Gasteiger partial charge in [0.1, 0.15) is 5.82 Å². The Kier molecular flexibility index (Phi) is 4.23. The van der Waals surface area contributed by atoms with Crippen molar-refractivity contribution in [1.29, 1.82) is 0 Å². The third kappa shape index (κ3) is 3.91. The average molecular weight is 266 g/mol. The first-order valence-electron chi connectivity index (χ1n) is 5.12. The number of halogens is 1. The van der Waals surface area contributed by atoms with Gasteiger partial charge in [0.15, 0.2) is 0 Å². The molecule has 0 fully saturated rings. The molecule has 1 aromatic heterocycles. The van der Waals surface area contributed by atoms with Crippen molar-refractivity contribution in [3.8, 4) is 0 Å². The molecule has 0 aliphatic heterocycles. The third-order valence-corrected chi connectivity index (χ3v) is 3.45. The molecule has 2 N–H and O–H groups in total. The molecule has 5 heteroatoms. The lowest BCUT2D eigenvalue weighted by Crippen LogP contribution is -1.94. The fraction of sp³-hybridized carbons (Fsp3) is 0.167. The van der Waals surface area contributed by atoms with E-state index in [-0.39, 0.29) is 0 Å². The van der Waals surface area contributed by atoms with E-state index in [1.165, 1.54) is 5.56 Å². The first kappa shape index (κ1) is 12.2. The molecule has 1 heterocycles. The zero-order chi connectivity index (χ0) is 12.1. The Morgan fingerprint density at radius 2 is 1.82 bits per heavy atom. The summed E-state index contributed by atoms with van der Waals surface area (Å²) in [6.45, 7) is 0. The van der Waals surface area contributed by atoms with Crippen molar-refractivity contribution in [1.82, 2.24) is 9.97 Å². The van der Waals surface area contributed by atoms with Crippen LogP contribution in [0.4, 0.5) is 5.82 Å². The maximum atomic E-state index is 5.82. The molecule has 0 spiro atoms. The largest absolute Gasteiger partial charge is 0.382 e. The number of rotatable bonds is 4. The number of nitrogen functional groups attached to an aromatic ring is 1. The van der Waals surface area contributed by atoms with E-state index in [0.717, 1.165) is 22.2 Å². The van der Waals surface area contributed by atoms with E-state index in [4.69, 9.17) is 17.3 Å². The van der Waals surface area contributed by atoms with Crippen molar-refractivity contribution in [3.63, 3.8) is 0 Å². The summed E-state index contributed by atoms with van der Waals surface area (Å²) in [5.74, 6) is 2.22. The fourth-order valence-corrected chi connectivity index (χ4v) is 2.31. The Morgan fingerprint density at radius 1 is 1.06 bits per heavy atom. The molecular weight excluding hydrogens is 254 g/mol. The highest BCUT2D eigenvalue weighted by Crippen LogP contribution is 2.18. The number of hydrogen-bond donors (Lipinski definition) is 1. The van der Waals surface area contributed by atoms with Gasteiger partial charge in [-0.3, -0.25) is 4.98 Å². The molecule has 17 heavy (non-hydrogen) atoms. The first-order chi connectivity index (χ1) is 8.24. The van der Waals surface area contributed by atoms with E-state index in [1.54, 1.807) is 24.2 Å². The van der Waals surface area contributed by atoms with Gasteiger partial charge in [0, 0.05) is 16.5 Å². The van der Waals surface area contributed by atoms with Crippen LogP contribution in [0.15, 0.2) is 36.7 Å². The van der Waals surface area contributed by atoms with Gasteiger partial charge >= 0.3 is 0 Å². The number of aromatic nitrogens is 2. The number of nitrogens with two attached hydrogens (primary N) is 1. The molecule has 0 bridgehead atoms. The van der Waals surface area contributed by atoms with Gasteiger partial charge in [0.25, 0.3) is 0 Å². The second-order valence-electron chi connectivity index (χ2n) is 3.55. The molecule has 0 aliphatic rings. The molecule has 0 atom stereocenters. The Bertz CT molecular complexity index is 425. The van der Waals surface area contributed by atoms with Gasteiger partial charge < -0.3 is 5.73 Å². The van der Waals surface area contributed by atoms with E-state index < -0.39 is 0 Å². The van der Waals surface area contributed by atoms with Gasteiger partial charge in [0.2, 0.25) is 0 Å². The topological polar surface area (TPSA) is 51.8 Å². The number of thioether (sulfide) groups is 1. The summed E-state index contributed by atoms with van der Waals surface area (Å²) in [6.07, 6.45) is 3.29. The third-order valence-electron chi connectivity index (χ3n) is 2.16. The summed E-state index contributed by atoms with van der Waals surface area (Å²) in [6, 6.07) is 7.87. The van der Waals surface area contributed by atoms with Crippen LogP contribution in [0.2, 0.25) is 5.02 Å². The highest BCUT2D eigenvalue weighted by molar-refractivity contribution is 7.97. The van der Waals surface area contributed by atoms with E-state index in [0.29, 0.717) is 5.82 Å². The molecule has 0 saturated heterocycles. The van der Waals surface area contributed by atoms with Crippen LogP contribution in [0, 0.1) is 0 Å². The first-order valence-corrected chi connectivity index (χ1v) is 6.66. The Labute approximate surface area is 109 Å². The number of hydrogen-bond acceptors (Lipinski definition) is 4. The zero-order valence-electron chi connectivity index (χ0n) is 9.14. The van der Waals surface area contributed by atoms with Crippen LogP contribution in [0.25, 0.3) is 0 Å². The highest BCUT2D eigenvalue weighted by atomic mass is 35.5. The van der Waals surface area contributed by atoms with E-state index in [9.17, 15) is 0 Å². The van der Waals surface area contributed by atoms with Gasteiger partial charge in [-0.1, -0.05) is 23.7 Å². The monoisotopic (exact) mass is 265 g/mol. The van der Waals surface area contributed by atoms with Crippen LogP contribution >= 0.6 is 23.4 Å². The van der Waals surface area contributed by atoms with E-state index in [1.807, 2.05) is 24.3 Å². The summed E-state index contributed by atoms with van der Waals surface area (Å²) >= 11 is 7.60. The van der Waals surface area contributed by atoms with Gasteiger partial charge in [0.05, 0.1) is 18.1 Å². The molecule has 0 saturated carbocycles. The van der Waals surface area contributed by atoms with Gasteiger partial charge in [-0.2, -0.15) is 11.8 Å². The Hall–Kier alpha value is -1.26. The van der Waals surface area contributed by atoms with Crippen LogP contribution in [0.1, 0.15) is 11.3 Å². The summed E-state index contributed by atoms with van der Waals surface area (Å²) in [5, 5.41) is 0.767. The SMILES string of the molecule is Nc1cnc(CSCc2ccc(Cl)cc2)cn1. The maximum Gasteiger partial charge on any atom is 0.141 e. The van der Waals surface area contributed by atoms with Crippen molar-refractivity contribution >= 4 is 29.2 Å². The molecular formula is C12H12ClN3S. The van der Waals surface area contributed by atoms with Gasteiger partial charge in [-0.05, 0) is 17.7 Å². The normalized spacial score (nSPS) is 10.4. The number of anilines is 1. The molecule has 2 aromatic rings. The highest BCUT2D eigenvalue weighted by Gasteiger charge is 1.98. The van der Waals surface area contributed by atoms with Crippen molar-refractivity contribution in [2.45, 2.75) is 11.5 Å². The Balaban J connectivity index is 1.83. The minimum absolute atomic E-state index is 0.455. The van der Waals surface area contributed by atoms with Gasteiger partial charge in [-0.15, -0.1) is 0 Å². The van der Waals surface area contributed by atoms with Crippen molar-refractivity contribution < 1.29 is 0 Å². The predicted molar refractivity (Wildman–Crippen MR) is 72.9 cm³/mol. The van der Waals surface area contributed by atoms with Crippen molar-refractivity contribution in [3.05, 3.63) is 52.9 Å². The molecule has 3 nitrogen and oxygen atoms in total. The molecule has 88 valence electrons. The van der Waals surface area contributed by atoms with E-state index in [2.05, 4.69) is 9.97 Å². The van der Waals surface area contributed by atoms with Crippen LogP contribution < -0.4 is 5.73 Å². The summed E-state index contributed by atoms with van der Waals surface area (Å²) in [7, 11) is 0. The minimum Gasteiger partial charge on any atom is -0.382 e. The lowest BCUT2D eigenvalue weighted by atomic mass is 10.2. The molecule has 1 aromatic carbocycles. The van der Waals surface area contributed by atoms with Crippen LogP contribution in [0.5, 0.6) is 0 Å². The number of benzene rings is 1. The molecule has 0 radical (unpaired) electrons. The van der Waals surface area contributed by atoms with Crippen LogP contribution in [0.3, 0.4) is 0 Å². The molecule has 0 amide bonds. The smallest absolute Gasteiger partial charge is 0.141 e. The maximum absolute atomic E-state index is 5.82. The summed E-state index contributed by atoms with van der Waals surface area (Å²) < 4.78 is 0. The summed E-state index contributed by atoms with van der Waals surface area (Å²) in [5.41, 5.74) is 7.66. The predicted octanol–water partition coefficient (Wildman–Crippen LogP) is 3.15. The zero-order valence-corrected chi connectivity index (χ0v) is 10.7. The standard InChI is InChI=1S/C12H12ClN3S/c13-10-3-1-9(2-4-10)7-17-8-11-5-16-12(14)6-15-11/h1-6H,7-8H2,(H2,14,16). The second-order valence-corrected chi connectivity index (χ2v) is 4.97. The van der Waals surface area contributed by atoms with Crippen molar-refractivity contribution in [2.24, 2.45) is 0 Å². The lowest BCUT2D eigenvalue weighted by Gasteiger charge is -2.02. The number of nitrogens with zero attached hydrogens (tertiary/aromatic N) is 2. The molecule has 0 aliphatic carbocycles. The van der Waals surface area contributed by atoms with Crippen LogP contribution in [-0.2, 0) is 11.5 Å². The average Bonchev–Trinajstić information content (AvgIpc) is 2.34. The van der Waals surface area contributed by atoms with Crippen molar-refractivity contribution in [2.75, 3.05) is 5.73 Å². The minimum atomic E-state index is 0.455. The summed E-state index contributed by atoms with van der Waals surface area (Å²) in [4.78, 5) is 8.19. The lowest BCUT2D eigenvalue weighted by molar-refractivity contribution is 1.11. The Morgan fingerprint density at radius 3 is 2.47 bits per heavy atom.